The molecule has 1 saturated carbocycles. The summed E-state index contributed by atoms with van der Waals surface area (Å²) in [5, 5.41) is 6.41. The molecule has 0 amide bonds. The van der Waals surface area contributed by atoms with Crippen molar-refractivity contribution in [3.05, 3.63) is 48.0 Å². The summed E-state index contributed by atoms with van der Waals surface area (Å²) >= 11 is 0. The molecule has 1 N–H and O–H groups in total. The SMILES string of the molecule is CC(NCc1ccc2ccccc2c1)C1CCCCC1. The third-order valence-corrected chi connectivity index (χ3v) is 4.80. The van der Waals surface area contributed by atoms with Gasteiger partial charge < -0.3 is 5.32 Å². The van der Waals surface area contributed by atoms with Gasteiger partial charge in [-0.05, 0) is 48.1 Å². The predicted molar refractivity (Wildman–Crippen MR) is 86.8 cm³/mol. The van der Waals surface area contributed by atoms with Gasteiger partial charge in [-0.15, -0.1) is 0 Å². The van der Waals surface area contributed by atoms with Gasteiger partial charge in [0.1, 0.15) is 0 Å². The first-order valence-electron chi connectivity index (χ1n) is 8.04. The molecule has 0 aromatic heterocycles. The number of nitrogens with one attached hydrogen (secondary N) is 1. The van der Waals surface area contributed by atoms with Crippen molar-refractivity contribution in [1.82, 2.24) is 5.32 Å². The maximum absolute atomic E-state index is 3.73. The molecule has 1 nitrogen and oxygen atoms in total. The van der Waals surface area contributed by atoms with Crippen LogP contribution in [0.1, 0.15) is 44.6 Å². The molecule has 1 atom stereocenters. The van der Waals surface area contributed by atoms with Gasteiger partial charge in [0.05, 0.1) is 0 Å². The third kappa shape index (κ3) is 3.21. The third-order valence-electron chi connectivity index (χ3n) is 4.80. The van der Waals surface area contributed by atoms with Gasteiger partial charge in [0, 0.05) is 12.6 Å². The molecule has 1 aliphatic rings. The number of benzene rings is 2. The van der Waals surface area contributed by atoms with Crippen LogP contribution in [0.5, 0.6) is 0 Å². The van der Waals surface area contributed by atoms with Gasteiger partial charge in [0.25, 0.3) is 0 Å². The van der Waals surface area contributed by atoms with Crippen LogP contribution in [0.4, 0.5) is 0 Å². The molecule has 2 aromatic rings. The van der Waals surface area contributed by atoms with E-state index in [9.17, 15) is 0 Å². The number of hydrogen-bond acceptors (Lipinski definition) is 1. The molecule has 0 bridgehead atoms. The monoisotopic (exact) mass is 267 g/mol. The van der Waals surface area contributed by atoms with E-state index < -0.39 is 0 Å². The van der Waals surface area contributed by atoms with Crippen molar-refractivity contribution in [2.75, 3.05) is 0 Å². The molecule has 0 heterocycles. The summed E-state index contributed by atoms with van der Waals surface area (Å²) in [7, 11) is 0. The zero-order chi connectivity index (χ0) is 13.8. The van der Waals surface area contributed by atoms with Crippen LogP contribution in [0.15, 0.2) is 42.5 Å². The van der Waals surface area contributed by atoms with Crippen molar-refractivity contribution in [2.45, 2.75) is 51.6 Å². The Kier molecular flexibility index (Phi) is 4.37. The zero-order valence-electron chi connectivity index (χ0n) is 12.4. The second kappa shape index (κ2) is 6.41. The summed E-state index contributed by atoms with van der Waals surface area (Å²) in [6, 6.07) is 16.0. The Labute approximate surface area is 122 Å². The van der Waals surface area contributed by atoms with Crippen molar-refractivity contribution in [2.24, 2.45) is 5.92 Å². The van der Waals surface area contributed by atoms with E-state index in [2.05, 4.69) is 54.7 Å². The van der Waals surface area contributed by atoms with Crippen LogP contribution in [0.2, 0.25) is 0 Å². The summed E-state index contributed by atoms with van der Waals surface area (Å²) in [5.41, 5.74) is 1.39. The fourth-order valence-corrected chi connectivity index (χ4v) is 3.43. The largest absolute Gasteiger partial charge is 0.310 e. The van der Waals surface area contributed by atoms with E-state index in [1.807, 2.05) is 0 Å². The quantitative estimate of drug-likeness (QED) is 0.831. The van der Waals surface area contributed by atoms with Crippen molar-refractivity contribution >= 4 is 10.8 Å². The van der Waals surface area contributed by atoms with Gasteiger partial charge in [-0.25, -0.2) is 0 Å². The van der Waals surface area contributed by atoms with Crippen molar-refractivity contribution in [3.63, 3.8) is 0 Å². The Bertz CT molecular complexity index is 554. The molecule has 0 radical (unpaired) electrons. The van der Waals surface area contributed by atoms with E-state index in [0.29, 0.717) is 6.04 Å². The summed E-state index contributed by atoms with van der Waals surface area (Å²) in [6.07, 6.45) is 7.10. The topological polar surface area (TPSA) is 12.0 Å². The lowest BCUT2D eigenvalue weighted by Gasteiger charge is -2.28. The minimum atomic E-state index is 0.641. The zero-order valence-corrected chi connectivity index (χ0v) is 12.4. The molecule has 0 aliphatic heterocycles. The standard InChI is InChI=1S/C19H25N/c1-15(17-7-3-2-4-8-17)20-14-16-11-12-18-9-5-6-10-19(18)13-16/h5-6,9-13,15,17,20H,2-4,7-8,14H2,1H3. The molecular weight excluding hydrogens is 242 g/mol. The van der Waals surface area contributed by atoms with Gasteiger partial charge in [-0.1, -0.05) is 55.7 Å². The lowest BCUT2D eigenvalue weighted by molar-refractivity contribution is 0.280. The molecule has 0 spiro atoms. The summed E-state index contributed by atoms with van der Waals surface area (Å²) in [6.45, 7) is 3.35. The fraction of sp³-hybridized carbons (Fsp3) is 0.474. The molecular formula is C19H25N. The van der Waals surface area contributed by atoms with Gasteiger partial charge in [0.2, 0.25) is 0 Å². The molecule has 1 heteroatoms. The minimum Gasteiger partial charge on any atom is -0.310 e. The van der Waals surface area contributed by atoms with Crippen LogP contribution in [0.3, 0.4) is 0 Å². The predicted octanol–water partition coefficient (Wildman–Crippen LogP) is 4.90. The molecule has 2 aromatic carbocycles. The first kappa shape index (κ1) is 13.6. The lowest BCUT2D eigenvalue weighted by Crippen LogP contribution is -2.34. The highest BCUT2D eigenvalue weighted by atomic mass is 14.9. The van der Waals surface area contributed by atoms with Crippen LogP contribution >= 0.6 is 0 Å². The van der Waals surface area contributed by atoms with E-state index >= 15 is 0 Å². The molecule has 3 rings (SSSR count). The second-order valence-electron chi connectivity index (χ2n) is 6.25. The highest BCUT2D eigenvalue weighted by Crippen LogP contribution is 2.26. The van der Waals surface area contributed by atoms with Crippen molar-refractivity contribution in [1.29, 1.82) is 0 Å². The van der Waals surface area contributed by atoms with Crippen molar-refractivity contribution in [3.8, 4) is 0 Å². The number of fused-ring (bicyclic) bond motifs is 1. The number of rotatable bonds is 4. The maximum Gasteiger partial charge on any atom is 0.0208 e. The van der Waals surface area contributed by atoms with Crippen LogP contribution in [-0.2, 0) is 6.54 Å². The van der Waals surface area contributed by atoms with Crippen LogP contribution in [0, 0.1) is 5.92 Å². The number of hydrogen-bond donors (Lipinski definition) is 1. The molecule has 1 unspecified atom stereocenters. The highest BCUT2D eigenvalue weighted by molar-refractivity contribution is 5.82. The Balaban J connectivity index is 1.61. The molecule has 0 saturated heterocycles. The van der Waals surface area contributed by atoms with E-state index in [4.69, 9.17) is 0 Å². The Morgan fingerprint density at radius 2 is 1.75 bits per heavy atom. The van der Waals surface area contributed by atoms with Crippen molar-refractivity contribution < 1.29 is 0 Å². The highest BCUT2D eigenvalue weighted by Gasteiger charge is 2.19. The smallest absolute Gasteiger partial charge is 0.0208 e. The Morgan fingerprint density at radius 3 is 2.55 bits per heavy atom. The van der Waals surface area contributed by atoms with Crippen LogP contribution in [0.25, 0.3) is 10.8 Å². The first-order valence-corrected chi connectivity index (χ1v) is 8.04. The summed E-state index contributed by atoms with van der Waals surface area (Å²) < 4.78 is 0. The summed E-state index contributed by atoms with van der Waals surface area (Å²) in [4.78, 5) is 0. The average Bonchev–Trinajstić information content (AvgIpc) is 2.53. The second-order valence-corrected chi connectivity index (χ2v) is 6.25. The van der Waals surface area contributed by atoms with Crippen LogP contribution in [-0.4, -0.2) is 6.04 Å². The van der Waals surface area contributed by atoms with Crippen LogP contribution < -0.4 is 5.32 Å². The van der Waals surface area contributed by atoms with E-state index in [0.717, 1.165) is 12.5 Å². The minimum absolute atomic E-state index is 0.641. The Hall–Kier alpha value is -1.34. The van der Waals surface area contributed by atoms with E-state index in [1.165, 1.54) is 48.4 Å². The molecule has 106 valence electrons. The molecule has 1 aliphatic carbocycles. The first-order chi connectivity index (χ1) is 9.83. The average molecular weight is 267 g/mol. The normalized spacial score (nSPS) is 18.2. The lowest BCUT2D eigenvalue weighted by atomic mass is 9.84. The van der Waals surface area contributed by atoms with Gasteiger partial charge in [-0.2, -0.15) is 0 Å². The fourth-order valence-electron chi connectivity index (χ4n) is 3.43. The Morgan fingerprint density at radius 1 is 1.00 bits per heavy atom. The van der Waals surface area contributed by atoms with Gasteiger partial charge in [0.15, 0.2) is 0 Å². The summed E-state index contributed by atoms with van der Waals surface area (Å²) in [5.74, 6) is 0.879. The maximum atomic E-state index is 3.73. The van der Waals surface area contributed by atoms with E-state index in [-0.39, 0.29) is 0 Å². The van der Waals surface area contributed by atoms with Gasteiger partial charge >= 0.3 is 0 Å². The van der Waals surface area contributed by atoms with Gasteiger partial charge in [-0.3, -0.25) is 0 Å². The molecule has 1 fully saturated rings. The molecule has 20 heavy (non-hydrogen) atoms. The van der Waals surface area contributed by atoms with E-state index in [1.54, 1.807) is 0 Å².